The van der Waals surface area contributed by atoms with Crippen LogP contribution in [0.5, 0.6) is 0 Å². The molecule has 0 unspecified atom stereocenters. The number of sulfonamides is 1. The zero-order valence-electron chi connectivity index (χ0n) is 12.5. The normalized spacial score (nSPS) is 14.5. The van der Waals surface area contributed by atoms with Crippen molar-refractivity contribution in [3.05, 3.63) is 33.7 Å². The number of aromatic nitrogens is 2. The number of hydrogen-bond donors (Lipinski definition) is 2. The van der Waals surface area contributed by atoms with Crippen LogP contribution in [0.3, 0.4) is 0 Å². The standard InChI is InChI=1S/C14H15BrN4O3S2/c15-10-3-1-2-4-11(10)24(21,22)16-8-7-12(20)17-14-19-18-13(23-14)9-5-6-9/h1-4,9,16H,5-8H2,(H,17,19,20). The van der Waals surface area contributed by atoms with Gasteiger partial charge in [-0.1, -0.05) is 23.5 Å². The predicted molar refractivity (Wildman–Crippen MR) is 94.5 cm³/mol. The number of hydrogen-bond acceptors (Lipinski definition) is 6. The van der Waals surface area contributed by atoms with Gasteiger partial charge in [-0.05, 0) is 40.9 Å². The minimum Gasteiger partial charge on any atom is -0.300 e. The van der Waals surface area contributed by atoms with Crippen molar-refractivity contribution in [1.82, 2.24) is 14.9 Å². The van der Waals surface area contributed by atoms with Crippen LogP contribution in [-0.2, 0) is 14.8 Å². The van der Waals surface area contributed by atoms with E-state index < -0.39 is 10.0 Å². The second-order valence-corrected chi connectivity index (χ2v) is 8.94. The molecule has 0 bridgehead atoms. The van der Waals surface area contributed by atoms with Crippen LogP contribution in [0.25, 0.3) is 0 Å². The maximum absolute atomic E-state index is 12.2. The van der Waals surface area contributed by atoms with Crippen molar-refractivity contribution < 1.29 is 13.2 Å². The highest BCUT2D eigenvalue weighted by Crippen LogP contribution is 2.42. The molecule has 2 N–H and O–H groups in total. The minimum absolute atomic E-state index is 0.00376. The third kappa shape index (κ3) is 4.38. The first-order chi connectivity index (χ1) is 11.5. The van der Waals surface area contributed by atoms with E-state index in [1.807, 2.05) is 0 Å². The Kier molecular flexibility index (Phi) is 5.28. The Morgan fingerprint density at radius 2 is 2.04 bits per heavy atom. The Morgan fingerprint density at radius 1 is 1.29 bits per heavy atom. The maximum Gasteiger partial charge on any atom is 0.241 e. The number of amides is 1. The van der Waals surface area contributed by atoms with Crippen LogP contribution in [0.4, 0.5) is 5.13 Å². The Balaban J connectivity index is 1.50. The summed E-state index contributed by atoms with van der Waals surface area (Å²) in [6.45, 7) is 0.00376. The van der Waals surface area contributed by atoms with Gasteiger partial charge in [-0.25, -0.2) is 13.1 Å². The molecule has 0 saturated heterocycles. The minimum atomic E-state index is -3.66. The van der Waals surface area contributed by atoms with Crippen molar-refractivity contribution in [1.29, 1.82) is 0 Å². The zero-order chi connectivity index (χ0) is 17.2. The van der Waals surface area contributed by atoms with Gasteiger partial charge in [0.15, 0.2) is 0 Å². The predicted octanol–water partition coefficient (Wildman–Crippen LogP) is 2.49. The Hall–Kier alpha value is -1.36. The van der Waals surface area contributed by atoms with E-state index in [4.69, 9.17) is 0 Å². The molecular weight excluding hydrogens is 416 g/mol. The van der Waals surface area contributed by atoms with Crippen LogP contribution < -0.4 is 10.0 Å². The lowest BCUT2D eigenvalue weighted by Gasteiger charge is -2.08. The summed E-state index contributed by atoms with van der Waals surface area (Å²) in [5.74, 6) is 0.188. The molecule has 1 amide bonds. The molecule has 7 nitrogen and oxygen atoms in total. The molecule has 2 aromatic rings. The first kappa shape index (κ1) is 17.5. The average Bonchev–Trinajstić information content (AvgIpc) is 3.28. The molecule has 24 heavy (non-hydrogen) atoms. The topological polar surface area (TPSA) is 101 Å². The molecule has 1 aliphatic carbocycles. The van der Waals surface area contributed by atoms with Gasteiger partial charge in [-0.15, -0.1) is 10.2 Å². The van der Waals surface area contributed by atoms with E-state index >= 15 is 0 Å². The van der Waals surface area contributed by atoms with Gasteiger partial charge in [0.05, 0.1) is 4.90 Å². The van der Waals surface area contributed by atoms with Crippen molar-refractivity contribution in [2.24, 2.45) is 0 Å². The fourth-order valence-corrected chi connectivity index (χ4v) is 4.96. The lowest BCUT2D eigenvalue weighted by Crippen LogP contribution is -2.28. The van der Waals surface area contributed by atoms with Gasteiger partial charge in [0.1, 0.15) is 5.01 Å². The average molecular weight is 431 g/mol. The van der Waals surface area contributed by atoms with E-state index in [1.54, 1.807) is 18.2 Å². The quantitative estimate of drug-likeness (QED) is 0.702. The molecule has 1 saturated carbocycles. The molecule has 1 aromatic carbocycles. The number of nitrogens with one attached hydrogen (secondary N) is 2. The van der Waals surface area contributed by atoms with Crippen molar-refractivity contribution in [2.45, 2.75) is 30.1 Å². The van der Waals surface area contributed by atoms with Crippen LogP contribution in [0.15, 0.2) is 33.6 Å². The summed E-state index contributed by atoms with van der Waals surface area (Å²) >= 11 is 4.57. The number of anilines is 1. The molecule has 1 heterocycles. The Morgan fingerprint density at radius 3 is 2.75 bits per heavy atom. The van der Waals surface area contributed by atoms with E-state index in [2.05, 4.69) is 36.2 Å². The number of halogens is 1. The fourth-order valence-electron chi connectivity index (χ4n) is 2.00. The molecule has 3 rings (SSSR count). The summed E-state index contributed by atoms with van der Waals surface area (Å²) in [4.78, 5) is 12.0. The monoisotopic (exact) mass is 430 g/mol. The van der Waals surface area contributed by atoms with Gasteiger partial charge in [0.2, 0.25) is 21.1 Å². The molecule has 0 aliphatic heterocycles. The van der Waals surface area contributed by atoms with Gasteiger partial charge in [0, 0.05) is 23.4 Å². The van der Waals surface area contributed by atoms with Crippen LogP contribution in [0, 0.1) is 0 Å². The molecule has 10 heteroatoms. The van der Waals surface area contributed by atoms with E-state index in [1.165, 1.54) is 17.4 Å². The Labute approximate surface area is 152 Å². The van der Waals surface area contributed by atoms with Crippen molar-refractivity contribution >= 4 is 48.3 Å². The third-order valence-corrected chi connectivity index (χ3v) is 6.86. The Bertz CT molecular complexity index is 849. The maximum atomic E-state index is 12.2. The number of nitrogens with zero attached hydrogens (tertiary/aromatic N) is 2. The zero-order valence-corrected chi connectivity index (χ0v) is 15.7. The molecule has 0 spiro atoms. The summed E-state index contributed by atoms with van der Waals surface area (Å²) in [5.41, 5.74) is 0. The van der Waals surface area contributed by atoms with Gasteiger partial charge in [-0.2, -0.15) is 0 Å². The largest absolute Gasteiger partial charge is 0.300 e. The molecule has 0 radical (unpaired) electrons. The van der Waals surface area contributed by atoms with Crippen molar-refractivity contribution in [3.63, 3.8) is 0 Å². The molecule has 1 aliphatic rings. The van der Waals surface area contributed by atoms with E-state index in [0.29, 0.717) is 15.5 Å². The van der Waals surface area contributed by atoms with Gasteiger partial charge in [0.25, 0.3) is 0 Å². The summed E-state index contributed by atoms with van der Waals surface area (Å²) in [7, 11) is -3.66. The highest BCUT2D eigenvalue weighted by Gasteiger charge is 2.27. The lowest BCUT2D eigenvalue weighted by atomic mass is 10.4. The summed E-state index contributed by atoms with van der Waals surface area (Å²) < 4.78 is 27.3. The van der Waals surface area contributed by atoms with Crippen molar-refractivity contribution in [3.8, 4) is 0 Å². The highest BCUT2D eigenvalue weighted by molar-refractivity contribution is 9.10. The van der Waals surface area contributed by atoms with E-state index in [-0.39, 0.29) is 23.8 Å². The van der Waals surface area contributed by atoms with Crippen LogP contribution in [0.2, 0.25) is 0 Å². The first-order valence-corrected chi connectivity index (χ1v) is 10.4. The summed E-state index contributed by atoms with van der Waals surface area (Å²) in [5, 5.41) is 12.0. The number of carbonyl (C=O) groups is 1. The van der Waals surface area contributed by atoms with Gasteiger partial charge in [-0.3, -0.25) is 4.79 Å². The number of rotatable bonds is 7. The molecule has 0 atom stereocenters. The molecule has 1 fully saturated rings. The van der Waals surface area contributed by atoms with Crippen LogP contribution >= 0.6 is 27.3 Å². The summed E-state index contributed by atoms with van der Waals surface area (Å²) in [6, 6.07) is 6.51. The smallest absolute Gasteiger partial charge is 0.241 e. The fraction of sp³-hybridized carbons (Fsp3) is 0.357. The van der Waals surface area contributed by atoms with Crippen molar-refractivity contribution in [2.75, 3.05) is 11.9 Å². The molecule has 1 aromatic heterocycles. The second kappa shape index (κ2) is 7.26. The first-order valence-electron chi connectivity index (χ1n) is 7.33. The van der Waals surface area contributed by atoms with Gasteiger partial charge < -0.3 is 5.32 Å². The van der Waals surface area contributed by atoms with Crippen LogP contribution in [-0.4, -0.2) is 31.1 Å². The SMILES string of the molecule is O=C(CCNS(=O)(=O)c1ccccc1Br)Nc1nnc(C2CC2)s1. The third-order valence-electron chi connectivity index (χ3n) is 3.38. The molecule has 128 valence electrons. The highest BCUT2D eigenvalue weighted by atomic mass is 79.9. The van der Waals surface area contributed by atoms with E-state index in [9.17, 15) is 13.2 Å². The number of benzene rings is 1. The van der Waals surface area contributed by atoms with Gasteiger partial charge >= 0.3 is 0 Å². The lowest BCUT2D eigenvalue weighted by molar-refractivity contribution is -0.116. The van der Waals surface area contributed by atoms with E-state index in [0.717, 1.165) is 17.8 Å². The van der Waals surface area contributed by atoms with Crippen LogP contribution in [0.1, 0.15) is 30.2 Å². The number of carbonyl (C=O) groups excluding carboxylic acids is 1. The molecular formula is C14H15BrN4O3S2. The second-order valence-electron chi connectivity index (χ2n) is 5.35. The summed E-state index contributed by atoms with van der Waals surface area (Å²) in [6.07, 6.45) is 2.26.